The number of nitrogens with one attached hydrogen (secondary N) is 2. The number of nitrogens with zero attached hydrogens (tertiary/aromatic N) is 1. The van der Waals surface area contributed by atoms with E-state index in [1.54, 1.807) is 13.0 Å². The zero-order valence-corrected chi connectivity index (χ0v) is 19.0. The number of methoxy groups -OCH3 is 2. The van der Waals surface area contributed by atoms with Gasteiger partial charge in [-0.25, -0.2) is 4.79 Å². The van der Waals surface area contributed by atoms with Crippen molar-refractivity contribution in [3.63, 3.8) is 0 Å². The standard InChI is InChI=1S/C20H24N4O8S/c1-4-31-14-6-5-7-15(11-14)33(27,28)32-17-10-13(22-19(21)24-20(26)30-3)8-9-16(17)23-18(25)12-29-2/h5-11H,4,12H2,1-3H3,(H,23,25)(H3,21,22,24,26). The van der Waals surface area contributed by atoms with Gasteiger partial charge in [-0.1, -0.05) is 6.07 Å². The van der Waals surface area contributed by atoms with Gasteiger partial charge in [-0.2, -0.15) is 8.42 Å². The predicted octanol–water partition coefficient (Wildman–Crippen LogP) is 1.93. The highest BCUT2D eigenvalue weighted by atomic mass is 32.2. The molecule has 2 aromatic carbocycles. The molecule has 12 nitrogen and oxygen atoms in total. The number of hydrogen-bond donors (Lipinski definition) is 3. The van der Waals surface area contributed by atoms with Crippen LogP contribution in [-0.2, 0) is 24.4 Å². The number of hydrogen-bond acceptors (Lipinski definition) is 8. The van der Waals surface area contributed by atoms with Crippen molar-refractivity contribution in [1.29, 1.82) is 0 Å². The average molecular weight is 480 g/mol. The Morgan fingerprint density at radius 3 is 2.52 bits per heavy atom. The van der Waals surface area contributed by atoms with Crippen LogP contribution in [0.15, 0.2) is 52.4 Å². The van der Waals surface area contributed by atoms with Gasteiger partial charge in [0.1, 0.15) is 17.3 Å². The molecule has 0 fully saturated rings. The van der Waals surface area contributed by atoms with Crippen molar-refractivity contribution in [3.05, 3.63) is 42.5 Å². The van der Waals surface area contributed by atoms with Gasteiger partial charge in [0.2, 0.25) is 11.9 Å². The van der Waals surface area contributed by atoms with Gasteiger partial charge in [-0.05, 0) is 31.2 Å². The normalized spacial score (nSPS) is 11.4. The van der Waals surface area contributed by atoms with E-state index in [9.17, 15) is 18.0 Å². The number of carbonyl (C=O) groups excluding carboxylic acids is 2. The number of rotatable bonds is 9. The molecule has 0 heterocycles. The number of ether oxygens (including phenoxy) is 3. The lowest BCUT2D eigenvalue weighted by Gasteiger charge is -2.15. The lowest BCUT2D eigenvalue weighted by atomic mass is 10.2. The van der Waals surface area contributed by atoms with E-state index >= 15 is 0 Å². The SMILES string of the molecule is CCOc1cccc(S(=O)(=O)Oc2cc(NC(N)=NC(=O)OC)ccc2NC(=O)COC)c1. The highest BCUT2D eigenvalue weighted by Crippen LogP contribution is 2.31. The first-order chi connectivity index (χ1) is 15.7. The third kappa shape index (κ3) is 7.66. The van der Waals surface area contributed by atoms with E-state index in [0.29, 0.717) is 12.4 Å². The van der Waals surface area contributed by atoms with E-state index in [0.717, 1.165) is 7.11 Å². The van der Waals surface area contributed by atoms with E-state index in [2.05, 4.69) is 20.4 Å². The van der Waals surface area contributed by atoms with E-state index in [1.165, 1.54) is 43.5 Å². The minimum atomic E-state index is -4.32. The Bertz CT molecular complexity index is 1130. The second-order valence-corrected chi connectivity index (χ2v) is 7.78. The van der Waals surface area contributed by atoms with Crippen LogP contribution in [0, 0.1) is 0 Å². The number of benzene rings is 2. The van der Waals surface area contributed by atoms with Gasteiger partial charge in [-0.15, -0.1) is 4.99 Å². The molecule has 0 aromatic heterocycles. The smallest absolute Gasteiger partial charge is 0.436 e. The molecule has 2 aromatic rings. The third-order valence-electron chi connectivity index (χ3n) is 3.79. The van der Waals surface area contributed by atoms with Crippen molar-refractivity contribution in [2.24, 2.45) is 10.7 Å². The van der Waals surface area contributed by atoms with Gasteiger partial charge >= 0.3 is 16.2 Å². The van der Waals surface area contributed by atoms with Gasteiger partial charge in [0.05, 0.1) is 19.4 Å². The Morgan fingerprint density at radius 1 is 1.09 bits per heavy atom. The van der Waals surface area contributed by atoms with Crippen LogP contribution in [0.25, 0.3) is 0 Å². The molecule has 2 amide bonds. The third-order valence-corrected chi connectivity index (χ3v) is 5.02. The number of nitrogens with two attached hydrogens (primary N) is 1. The van der Waals surface area contributed by atoms with Crippen molar-refractivity contribution >= 4 is 39.5 Å². The topological polar surface area (TPSA) is 168 Å². The van der Waals surface area contributed by atoms with Crippen LogP contribution in [0.3, 0.4) is 0 Å². The summed E-state index contributed by atoms with van der Waals surface area (Å²) >= 11 is 0. The Morgan fingerprint density at radius 2 is 1.85 bits per heavy atom. The molecule has 0 unspecified atom stereocenters. The maximum atomic E-state index is 12.9. The lowest BCUT2D eigenvalue weighted by molar-refractivity contribution is -0.119. The van der Waals surface area contributed by atoms with Gasteiger partial charge in [0.15, 0.2) is 5.75 Å². The molecule has 0 atom stereocenters. The van der Waals surface area contributed by atoms with E-state index in [1.807, 2.05) is 0 Å². The van der Waals surface area contributed by atoms with Gasteiger partial charge in [-0.3, -0.25) is 4.79 Å². The van der Waals surface area contributed by atoms with Gasteiger partial charge in [0.25, 0.3) is 0 Å². The van der Waals surface area contributed by atoms with Crippen LogP contribution in [0.2, 0.25) is 0 Å². The largest absolute Gasteiger partial charge is 0.494 e. The zero-order chi connectivity index (χ0) is 24.4. The first-order valence-corrected chi connectivity index (χ1v) is 10.9. The fourth-order valence-electron chi connectivity index (χ4n) is 2.46. The molecule has 2 rings (SSSR count). The fraction of sp³-hybridized carbons (Fsp3) is 0.250. The number of guanidine groups is 1. The molecule has 4 N–H and O–H groups in total. The van der Waals surface area contributed by atoms with Crippen LogP contribution in [0.5, 0.6) is 11.5 Å². The summed E-state index contributed by atoms with van der Waals surface area (Å²) < 4.78 is 45.6. The molecule has 0 saturated heterocycles. The minimum Gasteiger partial charge on any atom is -0.494 e. The summed E-state index contributed by atoms with van der Waals surface area (Å²) in [6, 6.07) is 9.85. The summed E-state index contributed by atoms with van der Waals surface area (Å²) in [4.78, 5) is 26.5. The van der Waals surface area contributed by atoms with E-state index in [4.69, 9.17) is 19.4 Å². The number of carbonyl (C=O) groups is 2. The first-order valence-electron chi connectivity index (χ1n) is 9.47. The van der Waals surface area contributed by atoms with Crippen molar-refractivity contribution in [1.82, 2.24) is 0 Å². The summed E-state index contributed by atoms with van der Waals surface area (Å²) in [5.74, 6) is -0.725. The number of aliphatic imine (C=N–C) groups is 1. The van der Waals surface area contributed by atoms with Gasteiger partial charge < -0.3 is 34.8 Å². The molecule has 0 bridgehead atoms. The predicted molar refractivity (Wildman–Crippen MR) is 120 cm³/mol. The summed E-state index contributed by atoms with van der Waals surface area (Å²) in [6.45, 7) is 1.85. The molecule has 0 radical (unpaired) electrons. The number of anilines is 2. The van der Waals surface area contributed by atoms with Crippen LogP contribution in [-0.4, -0.2) is 53.8 Å². The second-order valence-electron chi connectivity index (χ2n) is 6.23. The zero-order valence-electron chi connectivity index (χ0n) is 18.2. The van der Waals surface area contributed by atoms with Crippen LogP contribution in [0.1, 0.15) is 6.92 Å². The Hall–Kier alpha value is -3.84. The minimum absolute atomic E-state index is 0.0515. The van der Waals surface area contributed by atoms with E-state index < -0.39 is 22.1 Å². The van der Waals surface area contributed by atoms with Crippen LogP contribution in [0.4, 0.5) is 16.2 Å². The first kappa shape index (κ1) is 25.4. The summed E-state index contributed by atoms with van der Waals surface area (Å²) in [5.41, 5.74) is 5.90. The monoisotopic (exact) mass is 480 g/mol. The Balaban J connectivity index is 2.41. The maximum Gasteiger partial charge on any atom is 0.436 e. The fourth-order valence-corrected chi connectivity index (χ4v) is 3.44. The molecule has 178 valence electrons. The second kappa shape index (κ2) is 11.7. The van der Waals surface area contributed by atoms with Gasteiger partial charge in [0, 0.05) is 24.9 Å². The number of amides is 2. The molecule has 0 saturated carbocycles. The molecule has 0 aliphatic rings. The van der Waals surface area contributed by atoms with Crippen LogP contribution < -0.4 is 25.3 Å². The Labute approximate surface area is 190 Å². The highest BCUT2D eigenvalue weighted by Gasteiger charge is 2.21. The molecule has 13 heteroatoms. The van der Waals surface area contributed by atoms with Crippen molar-refractivity contribution in [2.45, 2.75) is 11.8 Å². The highest BCUT2D eigenvalue weighted by molar-refractivity contribution is 7.87. The Kier molecular flexibility index (Phi) is 9.00. The summed E-state index contributed by atoms with van der Waals surface area (Å²) in [7, 11) is -1.85. The quantitative estimate of drug-likeness (QED) is 0.274. The van der Waals surface area contributed by atoms with Crippen molar-refractivity contribution < 1.29 is 36.4 Å². The maximum absolute atomic E-state index is 12.9. The molecular formula is C20H24N4O8S. The molecule has 0 aliphatic carbocycles. The molecule has 0 spiro atoms. The van der Waals surface area contributed by atoms with E-state index in [-0.39, 0.29) is 34.6 Å². The van der Waals surface area contributed by atoms with Crippen molar-refractivity contribution in [2.75, 3.05) is 38.1 Å². The average Bonchev–Trinajstić information content (AvgIpc) is 2.76. The summed E-state index contributed by atoms with van der Waals surface area (Å²) in [6.07, 6.45) is -0.934. The van der Waals surface area contributed by atoms with Crippen LogP contribution >= 0.6 is 0 Å². The molecule has 0 aliphatic heterocycles. The molecule has 33 heavy (non-hydrogen) atoms. The lowest BCUT2D eigenvalue weighted by Crippen LogP contribution is -2.24. The summed E-state index contributed by atoms with van der Waals surface area (Å²) in [5, 5.41) is 5.10. The van der Waals surface area contributed by atoms with Crippen molar-refractivity contribution in [3.8, 4) is 11.5 Å². The molecular weight excluding hydrogens is 456 g/mol.